The van der Waals surface area contributed by atoms with Gasteiger partial charge in [-0.15, -0.1) is 0 Å². The van der Waals surface area contributed by atoms with E-state index in [0.717, 1.165) is 135 Å². The third-order valence-electron chi connectivity index (χ3n) is 11.2. The first-order valence-electron chi connectivity index (χ1n) is 28.5. The molecule has 6 nitrogen and oxygen atoms in total. The van der Waals surface area contributed by atoms with Crippen molar-refractivity contribution in [2.24, 2.45) is 0 Å². The summed E-state index contributed by atoms with van der Waals surface area (Å²) in [6.07, 6.45) is 85.2. The van der Waals surface area contributed by atoms with Gasteiger partial charge in [-0.2, -0.15) is 0 Å². The van der Waals surface area contributed by atoms with Gasteiger partial charge in [0.1, 0.15) is 13.2 Å². The molecule has 0 radical (unpaired) electrons. The highest BCUT2D eigenvalue weighted by molar-refractivity contribution is 5.71. The second-order valence-electron chi connectivity index (χ2n) is 18.1. The van der Waals surface area contributed by atoms with Crippen molar-refractivity contribution in [3.63, 3.8) is 0 Å². The molecule has 0 heterocycles. The molecule has 1 atom stereocenters. The molecule has 0 aliphatic rings. The fourth-order valence-corrected chi connectivity index (χ4v) is 7.04. The number of hydrogen-bond donors (Lipinski definition) is 0. The Morgan fingerprint density at radius 3 is 0.917 bits per heavy atom. The lowest BCUT2D eigenvalue weighted by molar-refractivity contribution is -0.167. The molecule has 402 valence electrons. The van der Waals surface area contributed by atoms with Crippen molar-refractivity contribution >= 4 is 17.9 Å². The lowest BCUT2D eigenvalue weighted by Gasteiger charge is -2.18. The molecule has 0 bridgehead atoms. The number of unbranched alkanes of at least 4 members (excludes halogenated alkanes) is 12. The van der Waals surface area contributed by atoms with Crippen molar-refractivity contribution in [3.05, 3.63) is 158 Å². The van der Waals surface area contributed by atoms with E-state index in [1.807, 2.05) is 0 Å². The Morgan fingerprint density at radius 1 is 0.292 bits per heavy atom. The van der Waals surface area contributed by atoms with E-state index in [2.05, 4.69) is 179 Å². The Balaban J connectivity index is 4.61. The van der Waals surface area contributed by atoms with E-state index < -0.39 is 6.10 Å². The highest BCUT2D eigenvalue weighted by Crippen LogP contribution is 2.11. The van der Waals surface area contributed by atoms with Crippen molar-refractivity contribution in [2.45, 2.75) is 226 Å². The zero-order chi connectivity index (χ0) is 52.2. The average molecular weight is 992 g/mol. The smallest absolute Gasteiger partial charge is 0.306 e. The average Bonchev–Trinajstić information content (AvgIpc) is 3.38. The first-order valence-corrected chi connectivity index (χ1v) is 28.5. The van der Waals surface area contributed by atoms with Gasteiger partial charge < -0.3 is 14.2 Å². The molecule has 0 aliphatic carbocycles. The minimum atomic E-state index is -0.840. The number of allylic oxidation sites excluding steroid dienone is 26. The van der Waals surface area contributed by atoms with Crippen molar-refractivity contribution in [3.8, 4) is 0 Å². The monoisotopic (exact) mass is 991 g/mol. The zero-order valence-electron chi connectivity index (χ0n) is 45.9. The van der Waals surface area contributed by atoms with E-state index in [4.69, 9.17) is 14.2 Å². The molecule has 0 spiro atoms. The van der Waals surface area contributed by atoms with E-state index in [-0.39, 0.29) is 44.0 Å². The number of rotatable bonds is 49. The van der Waals surface area contributed by atoms with Crippen molar-refractivity contribution < 1.29 is 28.6 Å². The fraction of sp³-hybridized carbons (Fsp3) is 0.561. The van der Waals surface area contributed by atoms with Crippen LogP contribution in [0, 0.1) is 0 Å². The van der Waals surface area contributed by atoms with E-state index in [1.54, 1.807) is 0 Å². The van der Waals surface area contributed by atoms with Crippen molar-refractivity contribution in [2.75, 3.05) is 13.2 Å². The summed E-state index contributed by atoms with van der Waals surface area (Å²) in [6, 6.07) is 0. The molecule has 0 N–H and O–H groups in total. The number of carbonyl (C=O) groups is 3. The zero-order valence-corrected chi connectivity index (χ0v) is 45.9. The summed E-state index contributed by atoms with van der Waals surface area (Å²) in [5.41, 5.74) is 0. The quantitative estimate of drug-likeness (QED) is 0.0262. The van der Waals surface area contributed by atoms with Gasteiger partial charge in [0.2, 0.25) is 0 Å². The number of ether oxygens (including phenoxy) is 3. The molecule has 0 saturated carbocycles. The Hall–Kier alpha value is -4.97. The summed E-state index contributed by atoms with van der Waals surface area (Å²) in [4.78, 5) is 38.1. The maximum absolute atomic E-state index is 12.8. The van der Waals surface area contributed by atoms with Gasteiger partial charge >= 0.3 is 17.9 Å². The van der Waals surface area contributed by atoms with Crippen LogP contribution in [0.2, 0.25) is 0 Å². The normalized spacial score (nSPS) is 13.3. The van der Waals surface area contributed by atoms with Gasteiger partial charge in [0.15, 0.2) is 6.10 Å². The van der Waals surface area contributed by atoms with Gasteiger partial charge in [0.05, 0.1) is 0 Å². The first-order chi connectivity index (χ1) is 35.5. The molecule has 0 aromatic rings. The topological polar surface area (TPSA) is 78.9 Å². The molecule has 1 unspecified atom stereocenters. The van der Waals surface area contributed by atoms with Gasteiger partial charge in [-0.05, 0) is 141 Å². The van der Waals surface area contributed by atoms with Crippen LogP contribution in [0.3, 0.4) is 0 Å². The largest absolute Gasteiger partial charge is 0.462 e. The second-order valence-corrected chi connectivity index (χ2v) is 18.1. The molecular weight excluding hydrogens is 889 g/mol. The summed E-state index contributed by atoms with van der Waals surface area (Å²) in [5.74, 6) is -1.06. The molecule has 0 saturated heterocycles. The van der Waals surface area contributed by atoms with Crippen molar-refractivity contribution in [1.29, 1.82) is 0 Å². The van der Waals surface area contributed by atoms with Crippen LogP contribution in [-0.2, 0) is 28.6 Å². The number of carbonyl (C=O) groups excluding carboxylic acids is 3. The standard InChI is InChI=1S/C66H102O6/c1-4-7-10-13-16-19-22-25-28-31-32-33-34-36-38-41-44-47-50-53-56-59-65(68)71-62-63(61-70-64(67)58-55-52-49-46-43-40-37-30-27-24-21-18-15-12-9-6-3)72-66(69)60-57-54-51-48-45-42-39-35-29-26-23-20-17-14-11-8-5-2/h7-8,10-11,16-17,19-21,24-26,28-30,32-33,36-39,42,44,47-48,51,63H,4-6,9,12-15,18,22-23,27,31,34-35,40-41,43,45-46,49-50,52-62H2,1-3H3/b10-7-,11-8-,19-16-,20-17-,24-21-,28-25-,29-26-,33-32-,37-30-,38-36-,42-39-,47-44-,51-48-. The van der Waals surface area contributed by atoms with Crippen LogP contribution in [0.15, 0.2) is 158 Å². The maximum atomic E-state index is 12.8. The van der Waals surface area contributed by atoms with Crippen LogP contribution in [-0.4, -0.2) is 37.2 Å². The SMILES string of the molecule is CC/C=C\C/C=C\C/C=C\C/C=C\C/C=C\C/C=C\CCCCC(=O)OCC(COC(=O)CCCCCCC/C=C\C/C=C\CCCCCC)OC(=O)CCC/C=C\C/C=C\C/C=C\C/C=C\C/C=C\CC. The predicted molar refractivity (Wildman–Crippen MR) is 311 cm³/mol. The van der Waals surface area contributed by atoms with Crippen LogP contribution in [0.5, 0.6) is 0 Å². The molecule has 0 amide bonds. The lowest BCUT2D eigenvalue weighted by atomic mass is 10.1. The molecule has 0 aromatic heterocycles. The van der Waals surface area contributed by atoms with Crippen LogP contribution < -0.4 is 0 Å². The summed E-state index contributed by atoms with van der Waals surface area (Å²) >= 11 is 0. The molecule has 0 aliphatic heterocycles. The third kappa shape index (κ3) is 56.0. The minimum absolute atomic E-state index is 0.129. The van der Waals surface area contributed by atoms with Gasteiger partial charge in [-0.3, -0.25) is 14.4 Å². The van der Waals surface area contributed by atoms with Crippen LogP contribution >= 0.6 is 0 Å². The summed E-state index contributed by atoms with van der Waals surface area (Å²) < 4.78 is 16.8. The van der Waals surface area contributed by atoms with E-state index in [1.165, 1.54) is 32.1 Å². The van der Waals surface area contributed by atoms with Crippen LogP contribution in [0.25, 0.3) is 0 Å². The summed E-state index contributed by atoms with van der Waals surface area (Å²) in [6.45, 7) is 6.28. The van der Waals surface area contributed by atoms with Gasteiger partial charge in [0.25, 0.3) is 0 Å². The molecule has 0 aromatic carbocycles. The number of hydrogen-bond acceptors (Lipinski definition) is 6. The highest BCUT2D eigenvalue weighted by atomic mass is 16.6. The fourth-order valence-electron chi connectivity index (χ4n) is 7.04. The van der Waals surface area contributed by atoms with Crippen LogP contribution in [0.1, 0.15) is 220 Å². The van der Waals surface area contributed by atoms with Crippen LogP contribution in [0.4, 0.5) is 0 Å². The molecular formula is C66H102O6. The Morgan fingerprint density at radius 2 is 0.556 bits per heavy atom. The Kier molecular flexibility index (Phi) is 54.6. The van der Waals surface area contributed by atoms with Gasteiger partial charge in [-0.25, -0.2) is 0 Å². The molecule has 0 rings (SSSR count). The molecule has 0 fully saturated rings. The second kappa shape index (κ2) is 58.6. The minimum Gasteiger partial charge on any atom is -0.462 e. The number of esters is 3. The van der Waals surface area contributed by atoms with Gasteiger partial charge in [0, 0.05) is 19.3 Å². The lowest BCUT2D eigenvalue weighted by Crippen LogP contribution is -2.30. The van der Waals surface area contributed by atoms with Gasteiger partial charge in [-0.1, -0.05) is 217 Å². The Labute approximate surface area is 441 Å². The summed E-state index contributed by atoms with van der Waals surface area (Å²) in [5, 5.41) is 0. The third-order valence-corrected chi connectivity index (χ3v) is 11.2. The maximum Gasteiger partial charge on any atom is 0.306 e. The van der Waals surface area contributed by atoms with E-state index in [0.29, 0.717) is 19.3 Å². The van der Waals surface area contributed by atoms with E-state index in [9.17, 15) is 14.4 Å². The van der Waals surface area contributed by atoms with E-state index >= 15 is 0 Å². The molecule has 6 heteroatoms. The summed E-state index contributed by atoms with van der Waals surface area (Å²) in [7, 11) is 0. The Bertz CT molecular complexity index is 1660. The molecule has 72 heavy (non-hydrogen) atoms. The predicted octanol–water partition coefficient (Wildman–Crippen LogP) is 19.4. The first kappa shape index (κ1) is 67.0. The highest BCUT2D eigenvalue weighted by Gasteiger charge is 2.19. The van der Waals surface area contributed by atoms with Crippen molar-refractivity contribution in [1.82, 2.24) is 0 Å².